The van der Waals surface area contributed by atoms with Crippen LogP contribution in [-0.4, -0.2) is 29.9 Å². The highest BCUT2D eigenvalue weighted by molar-refractivity contribution is 5.97. The third kappa shape index (κ3) is 4.88. The second-order valence-corrected chi connectivity index (χ2v) is 5.36. The molecule has 138 valence electrons. The third-order valence-electron chi connectivity index (χ3n) is 3.30. The Morgan fingerprint density at radius 3 is 2.50 bits per heavy atom. The van der Waals surface area contributed by atoms with E-state index < -0.39 is 41.6 Å². The van der Waals surface area contributed by atoms with Crippen LogP contribution in [0.15, 0.2) is 41.0 Å². The number of carbonyl (C=O) groups is 3. The number of nitrogens with one attached hydrogen (secondary N) is 2. The molecule has 0 aliphatic rings. The minimum absolute atomic E-state index is 0.0160. The number of hydrogen-bond acceptors (Lipinski definition) is 5. The standard InChI is InChI=1S/C17H16F2N2O5/c1-9(20-16(23)14-4-3-7-25-14)17(24)26-10(2)15(22)21-13-6-5-11(18)8-12(13)19/h3-10H,1-2H3,(H,20,23)(H,21,22)/t9-,10+/m0/s1. The maximum atomic E-state index is 13.5. The quantitative estimate of drug-likeness (QED) is 0.764. The molecule has 2 aromatic rings. The smallest absolute Gasteiger partial charge is 0.329 e. The van der Waals surface area contributed by atoms with Crippen LogP contribution in [0.1, 0.15) is 24.4 Å². The largest absolute Gasteiger partial charge is 0.459 e. The number of benzene rings is 1. The molecule has 0 aliphatic carbocycles. The van der Waals surface area contributed by atoms with E-state index in [2.05, 4.69) is 10.6 Å². The molecular formula is C17H16F2N2O5. The summed E-state index contributed by atoms with van der Waals surface area (Å²) in [4.78, 5) is 35.7. The van der Waals surface area contributed by atoms with E-state index in [0.717, 1.165) is 12.1 Å². The van der Waals surface area contributed by atoms with Gasteiger partial charge in [0.15, 0.2) is 11.9 Å². The molecule has 0 spiro atoms. The van der Waals surface area contributed by atoms with Gasteiger partial charge in [0.25, 0.3) is 11.8 Å². The predicted octanol–water partition coefficient (Wildman–Crippen LogP) is 2.25. The Morgan fingerprint density at radius 2 is 1.88 bits per heavy atom. The van der Waals surface area contributed by atoms with E-state index in [1.807, 2.05) is 0 Å². The molecule has 0 radical (unpaired) electrons. The molecule has 2 rings (SSSR count). The minimum Gasteiger partial charge on any atom is -0.459 e. The number of hydrogen-bond donors (Lipinski definition) is 2. The SMILES string of the molecule is C[C@H](NC(=O)c1ccco1)C(=O)O[C@H](C)C(=O)Nc1ccc(F)cc1F. The average Bonchev–Trinajstić information content (AvgIpc) is 3.11. The van der Waals surface area contributed by atoms with Gasteiger partial charge < -0.3 is 19.8 Å². The van der Waals surface area contributed by atoms with Gasteiger partial charge in [0.05, 0.1) is 12.0 Å². The van der Waals surface area contributed by atoms with Gasteiger partial charge in [0, 0.05) is 6.07 Å². The third-order valence-corrected chi connectivity index (χ3v) is 3.30. The van der Waals surface area contributed by atoms with Crippen LogP contribution in [0.2, 0.25) is 0 Å². The van der Waals surface area contributed by atoms with Gasteiger partial charge in [-0.1, -0.05) is 0 Å². The van der Waals surface area contributed by atoms with E-state index in [1.165, 1.54) is 32.2 Å². The summed E-state index contributed by atoms with van der Waals surface area (Å²) in [6.07, 6.45) is 0.0359. The Balaban J connectivity index is 1.88. The lowest BCUT2D eigenvalue weighted by Crippen LogP contribution is -2.42. The first-order valence-corrected chi connectivity index (χ1v) is 7.58. The first kappa shape index (κ1) is 19.1. The molecule has 26 heavy (non-hydrogen) atoms. The number of ether oxygens (including phenoxy) is 1. The zero-order chi connectivity index (χ0) is 19.3. The van der Waals surface area contributed by atoms with E-state index in [9.17, 15) is 23.2 Å². The Hall–Kier alpha value is -3.23. The van der Waals surface area contributed by atoms with Crippen LogP contribution in [0.3, 0.4) is 0 Å². The molecule has 0 unspecified atom stereocenters. The number of anilines is 1. The Bertz CT molecular complexity index is 807. The van der Waals surface area contributed by atoms with Gasteiger partial charge in [-0.15, -0.1) is 0 Å². The fourth-order valence-electron chi connectivity index (χ4n) is 1.89. The highest BCUT2D eigenvalue weighted by Gasteiger charge is 2.24. The van der Waals surface area contributed by atoms with Crippen molar-refractivity contribution in [3.63, 3.8) is 0 Å². The number of amides is 2. The average molecular weight is 366 g/mol. The summed E-state index contributed by atoms with van der Waals surface area (Å²) in [5.74, 6) is -4.04. The van der Waals surface area contributed by atoms with Gasteiger partial charge in [0.2, 0.25) is 0 Å². The lowest BCUT2D eigenvalue weighted by atomic mass is 10.2. The second-order valence-electron chi connectivity index (χ2n) is 5.36. The Kier molecular flexibility index (Phi) is 6.05. The Morgan fingerprint density at radius 1 is 1.15 bits per heavy atom. The zero-order valence-corrected chi connectivity index (χ0v) is 13.9. The van der Waals surface area contributed by atoms with Crippen LogP contribution < -0.4 is 10.6 Å². The van der Waals surface area contributed by atoms with E-state index in [4.69, 9.17) is 9.15 Å². The summed E-state index contributed by atoms with van der Waals surface area (Å²) in [7, 11) is 0. The van der Waals surface area contributed by atoms with Gasteiger partial charge in [-0.2, -0.15) is 0 Å². The molecule has 0 saturated heterocycles. The van der Waals surface area contributed by atoms with Crippen molar-refractivity contribution in [2.24, 2.45) is 0 Å². The van der Waals surface area contributed by atoms with Crippen LogP contribution in [0.4, 0.5) is 14.5 Å². The summed E-state index contributed by atoms with van der Waals surface area (Å²) in [5.41, 5.74) is -0.251. The number of furan rings is 1. The van der Waals surface area contributed by atoms with E-state index in [0.29, 0.717) is 6.07 Å². The topological polar surface area (TPSA) is 97.6 Å². The molecule has 1 heterocycles. The summed E-state index contributed by atoms with van der Waals surface area (Å²) in [6, 6.07) is 4.51. The molecule has 2 atom stereocenters. The number of rotatable bonds is 6. The first-order valence-electron chi connectivity index (χ1n) is 7.58. The molecular weight excluding hydrogens is 350 g/mol. The van der Waals surface area contributed by atoms with Crippen LogP contribution in [-0.2, 0) is 14.3 Å². The number of halogens is 2. The Labute approximate surface area is 147 Å². The molecule has 0 fully saturated rings. The maximum absolute atomic E-state index is 13.5. The van der Waals surface area contributed by atoms with E-state index >= 15 is 0 Å². The van der Waals surface area contributed by atoms with Crippen molar-refractivity contribution in [1.29, 1.82) is 0 Å². The highest BCUT2D eigenvalue weighted by atomic mass is 19.1. The van der Waals surface area contributed by atoms with Crippen molar-refractivity contribution in [1.82, 2.24) is 5.32 Å². The lowest BCUT2D eigenvalue weighted by Gasteiger charge is -2.17. The molecule has 9 heteroatoms. The van der Waals surface area contributed by atoms with Crippen LogP contribution in [0.25, 0.3) is 0 Å². The van der Waals surface area contributed by atoms with Gasteiger partial charge in [-0.3, -0.25) is 9.59 Å². The second kappa shape index (κ2) is 8.24. The van der Waals surface area contributed by atoms with Crippen molar-refractivity contribution < 1.29 is 32.3 Å². The fraction of sp³-hybridized carbons (Fsp3) is 0.235. The molecule has 0 bridgehead atoms. The summed E-state index contributed by atoms with van der Waals surface area (Å²) < 4.78 is 36.2. The van der Waals surface area contributed by atoms with Gasteiger partial charge >= 0.3 is 5.97 Å². The van der Waals surface area contributed by atoms with Crippen molar-refractivity contribution >= 4 is 23.5 Å². The highest BCUT2D eigenvalue weighted by Crippen LogP contribution is 2.15. The molecule has 0 saturated carbocycles. The van der Waals surface area contributed by atoms with Crippen LogP contribution in [0.5, 0.6) is 0 Å². The molecule has 1 aromatic carbocycles. The molecule has 0 aliphatic heterocycles. The molecule has 1 aromatic heterocycles. The van der Waals surface area contributed by atoms with Gasteiger partial charge in [-0.25, -0.2) is 13.6 Å². The fourth-order valence-corrected chi connectivity index (χ4v) is 1.89. The van der Waals surface area contributed by atoms with Crippen molar-refractivity contribution in [3.8, 4) is 0 Å². The summed E-state index contributed by atoms with van der Waals surface area (Å²) >= 11 is 0. The van der Waals surface area contributed by atoms with Crippen molar-refractivity contribution in [2.45, 2.75) is 26.0 Å². The van der Waals surface area contributed by atoms with Gasteiger partial charge in [-0.05, 0) is 38.1 Å². The lowest BCUT2D eigenvalue weighted by molar-refractivity contribution is -0.154. The number of esters is 1. The van der Waals surface area contributed by atoms with E-state index in [-0.39, 0.29) is 11.4 Å². The van der Waals surface area contributed by atoms with Crippen LogP contribution in [0, 0.1) is 11.6 Å². The normalized spacial score (nSPS) is 12.8. The summed E-state index contributed by atoms with van der Waals surface area (Å²) in [5, 5.41) is 4.54. The van der Waals surface area contributed by atoms with Crippen molar-refractivity contribution in [3.05, 3.63) is 54.0 Å². The molecule has 7 nitrogen and oxygen atoms in total. The van der Waals surface area contributed by atoms with Crippen molar-refractivity contribution in [2.75, 3.05) is 5.32 Å². The zero-order valence-electron chi connectivity index (χ0n) is 13.9. The summed E-state index contributed by atoms with van der Waals surface area (Å²) in [6.45, 7) is 2.64. The molecule has 2 N–H and O–H groups in total. The molecule has 2 amide bonds. The number of carbonyl (C=O) groups excluding carboxylic acids is 3. The van der Waals surface area contributed by atoms with Crippen LogP contribution >= 0.6 is 0 Å². The first-order chi connectivity index (χ1) is 12.3. The van der Waals surface area contributed by atoms with E-state index in [1.54, 1.807) is 0 Å². The monoisotopic (exact) mass is 366 g/mol. The minimum atomic E-state index is -1.27. The van der Waals surface area contributed by atoms with Gasteiger partial charge in [0.1, 0.15) is 17.7 Å². The maximum Gasteiger partial charge on any atom is 0.329 e. The predicted molar refractivity (Wildman–Crippen MR) is 86.2 cm³/mol.